The molecule has 1 aliphatic carbocycles. The molecule has 0 radical (unpaired) electrons. The van der Waals surface area contributed by atoms with Crippen molar-refractivity contribution >= 4 is 41.1 Å². The van der Waals surface area contributed by atoms with Crippen LogP contribution >= 0.6 is 0 Å². The Morgan fingerprint density at radius 2 is 1.67 bits per heavy atom. The van der Waals surface area contributed by atoms with Gasteiger partial charge in [0.1, 0.15) is 11.5 Å². The van der Waals surface area contributed by atoms with E-state index in [4.69, 9.17) is 9.57 Å². The van der Waals surface area contributed by atoms with Gasteiger partial charge in [0.15, 0.2) is 0 Å². The molecular formula is C29H33N3O10. The Balaban J connectivity index is 1.26. The van der Waals surface area contributed by atoms with E-state index in [2.05, 4.69) is 0 Å². The van der Waals surface area contributed by atoms with Gasteiger partial charge in [-0.05, 0) is 56.1 Å². The molecule has 1 saturated heterocycles. The van der Waals surface area contributed by atoms with E-state index >= 15 is 0 Å². The van der Waals surface area contributed by atoms with Crippen molar-refractivity contribution in [3.05, 3.63) is 46.0 Å². The molecule has 2 fully saturated rings. The van der Waals surface area contributed by atoms with E-state index in [-0.39, 0.29) is 73.8 Å². The first kappa shape index (κ1) is 30.5. The quantitative estimate of drug-likeness (QED) is 0.145. The Morgan fingerprint density at radius 3 is 2.29 bits per heavy atom. The predicted octanol–water partition coefficient (Wildman–Crippen LogP) is 3.16. The van der Waals surface area contributed by atoms with Crippen LogP contribution in [0.5, 0.6) is 5.75 Å². The van der Waals surface area contributed by atoms with E-state index in [1.165, 1.54) is 35.3 Å². The second kappa shape index (κ2) is 13.5. The molecule has 1 unspecified atom stereocenters. The van der Waals surface area contributed by atoms with Gasteiger partial charge in [-0.1, -0.05) is 6.92 Å². The second-order valence-corrected chi connectivity index (χ2v) is 10.9. The molecule has 0 N–H and O–H groups in total. The minimum absolute atomic E-state index is 0.00609. The summed E-state index contributed by atoms with van der Waals surface area (Å²) in [5.41, 5.74) is 0.243. The summed E-state index contributed by atoms with van der Waals surface area (Å²) < 4.78 is 5.68. The second-order valence-electron chi connectivity index (χ2n) is 10.9. The summed E-state index contributed by atoms with van der Waals surface area (Å²) in [6, 6.07) is 4.30. The Kier molecular flexibility index (Phi) is 9.81. The number of amides is 4. The zero-order chi connectivity index (χ0) is 30.4. The van der Waals surface area contributed by atoms with Crippen molar-refractivity contribution in [3.63, 3.8) is 0 Å². The minimum atomic E-state index is -0.747. The highest BCUT2D eigenvalue weighted by atomic mass is 16.7. The fraction of sp³-hybridized carbons (Fsp3) is 0.517. The number of hydroxylamine groups is 2. The first-order chi connectivity index (χ1) is 20.0. The topological polar surface area (TPSA) is 170 Å². The standard InChI is InChI=1S/C29H33N3O10/c1-18(15-24(33)20-6-4-19(5-7-20)17-30-25(34)10-11-26(30)35)22-16-21(8-9-23(22)32(39)40)41-14-2-3-29(38)42-31-27(36)12-13-28(31)37/h8-11,16,18-20H,2-7,12-15,17H2,1H3. The number of ketones is 1. The van der Waals surface area contributed by atoms with Crippen molar-refractivity contribution in [1.82, 2.24) is 9.96 Å². The van der Waals surface area contributed by atoms with Gasteiger partial charge in [-0.3, -0.25) is 39.0 Å². The van der Waals surface area contributed by atoms with Gasteiger partial charge < -0.3 is 9.57 Å². The van der Waals surface area contributed by atoms with Gasteiger partial charge >= 0.3 is 5.97 Å². The molecule has 4 rings (SSSR count). The molecular weight excluding hydrogens is 550 g/mol. The van der Waals surface area contributed by atoms with Gasteiger partial charge in [0.25, 0.3) is 29.3 Å². The van der Waals surface area contributed by atoms with Crippen LogP contribution in [0, 0.1) is 22.0 Å². The molecule has 0 bridgehead atoms. The van der Waals surface area contributed by atoms with Gasteiger partial charge in [0, 0.05) is 55.5 Å². The van der Waals surface area contributed by atoms with Crippen LogP contribution in [0.2, 0.25) is 0 Å². The number of imide groups is 2. The maximum absolute atomic E-state index is 13.1. The van der Waals surface area contributed by atoms with Crippen molar-refractivity contribution in [2.45, 2.75) is 70.6 Å². The molecule has 4 amide bonds. The van der Waals surface area contributed by atoms with E-state index < -0.39 is 28.6 Å². The highest BCUT2D eigenvalue weighted by Gasteiger charge is 2.34. The lowest BCUT2D eigenvalue weighted by atomic mass is 9.77. The van der Waals surface area contributed by atoms with Crippen LogP contribution in [-0.2, 0) is 33.6 Å². The molecule has 1 aromatic rings. The maximum Gasteiger partial charge on any atom is 0.333 e. The van der Waals surface area contributed by atoms with Gasteiger partial charge in [0.05, 0.1) is 18.0 Å². The number of benzene rings is 1. The molecule has 13 nitrogen and oxygen atoms in total. The van der Waals surface area contributed by atoms with Crippen molar-refractivity contribution in [2.24, 2.45) is 11.8 Å². The summed E-state index contributed by atoms with van der Waals surface area (Å²) >= 11 is 0. The minimum Gasteiger partial charge on any atom is -0.494 e. The zero-order valence-electron chi connectivity index (χ0n) is 23.3. The van der Waals surface area contributed by atoms with Gasteiger partial charge in [-0.25, -0.2) is 4.79 Å². The summed E-state index contributed by atoms with van der Waals surface area (Å²) in [4.78, 5) is 89.1. The SMILES string of the molecule is CC(CC(=O)C1CCC(CN2C(=O)C=CC2=O)CC1)c1cc(OCCCC(=O)ON2C(=O)CCC2=O)ccc1[N+](=O)[O-]. The average Bonchev–Trinajstić information content (AvgIpc) is 3.45. The van der Waals surface area contributed by atoms with Crippen LogP contribution in [0.1, 0.15) is 76.2 Å². The van der Waals surface area contributed by atoms with E-state index in [1.807, 2.05) is 0 Å². The number of carbonyl (C=O) groups is 6. The van der Waals surface area contributed by atoms with Crippen LogP contribution < -0.4 is 4.74 Å². The highest BCUT2D eigenvalue weighted by molar-refractivity contribution is 6.12. The molecule has 0 aromatic heterocycles. The van der Waals surface area contributed by atoms with Crippen molar-refractivity contribution in [1.29, 1.82) is 0 Å². The number of nitro groups is 1. The third-order valence-electron chi connectivity index (χ3n) is 7.87. The molecule has 1 atom stereocenters. The van der Waals surface area contributed by atoms with Crippen LogP contribution in [0.4, 0.5) is 5.69 Å². The summed E-state index contributed by atoms with van der Waals surface area (Å²) in [5, 5.41) is 12.2. The third kappa shape index (κ3) is 7.45. The van der Waals surface area contributed by atoms with Crippen LogP contribution in [0.15, 0.2) is 30.4 Å². The van der Waals surface area contributed by atoms with Gasteiger partial charge in [-0.15, -0.1) is 5.06 Å². The number of carbonyl (C=O) groups excluding carboxylic acids is 6. The number of hydrogen-bond donors (Lipinski definition) is 0. The Labute approximate surface area is 241 Å². The molecule has 2 heterocycles. The first-order valence-electron chi connectivity index (χ1n) is 14.1. The van der Waals surface area contributed by atoms with Crippen LogP contribution in [0.3, 0.4) is 0 Å². The number of Topliss-reactive ketones (excluding diaryl/α,β-unsaturated/α-hetero) is 1. The molecule has 0 spiro atoms. The van der Waals surface area contributed by atoms with E-state index in [9.17, 15) is 38.9 Å². The van der Waals surface area contributed by atoms with Gasteiger partial charge in [0.2, 0.25) is 0 Å². The third-order valence-corrected chi connectivity index (χ3v) is 7.87. The largest absolute Gasteiger partial charge is 0.494 e. The summed E-state index contributed by atoms with van der Waals surface area (Å²) in [5.74, 6) is -2.62. The Bertz CT molecular complexity index is 1280. The highest BCUT2D eigenvalue weighted by Crippen LogP contribution is 2.36. The molecule has 1 aromatic carbocycles. The smallest absolute Gasteiger partial charge is 0.333 e. The molecule has 13 heteroatoms. The lowest BCUT2D eigenvalue weighted by Gasteiger charge is -2.30. The van der Waals surface area contributed by atoms with Crippen molar-refractivity contribution in [2.75, 3.05) is 13.2 Å². The van der Waals surface area contributed by atoms with Crippen molar-refractivity contribution in [3.8, 4) is 5.75 Å². The summed E-state index contributed by atoms with van der Waals surface area (Å²) in [6.07, 6.45) is 5.46. The van der Waals surface area contributed by atoms with E-state index in [0.29, 0.717) is 48.6 Å². The fourth-order valence-corrected chi connectivity index (χ4v) is 5.51. The Morgan fingerprint density at radius 1 is 1.02 bits per heavy atom. The van der Waals surface area contributed by atoms with Crippen LogP contribution in [-0.4, -0.2) is 63.4 Å². The molecule has 3 aliphatic rings. The van der Waals surface area contributed by atoms with E-state index in [0.717, 1.165) is 0 Å². The molecule has 224 valence electrons. The number of nitro benzene ring substituents is 1. The predicted molar refractivity (Wildman–Crippen MR) is 144 cm³/mol. The number of hydrogen-bond acceptors (Lipinski definition) is 10. The lowest BCUT2D eigenvalue weighted by molar-refractivity contribution is -0.385. The molecule has 1 saturated carbocycles. The first-order valence-corrected chi connectivity index (χ1v) is 14.1. The number of nitrogens with zero attached hydrogens (tertiary/aromatic N) is 3. The lowest BCUT2D eigenvalue weighted by Crippen LogP contribution is -2.36. The maximum atomic E-state index is 13.1. The fourth-order valence-electron chi connectivity index (χ4n) is 5.51. The van der Waals surface area contributed by atoms with Gasteiger partial charge in [-0.2, -0.15) is 0 Å². The monoisotopic (exact) mass is 583 g/mol. The number of ether oxygens (including phenoxy) is 1. The zero-order valence-corrected chi connectivity index (χ0v) is 23.3. The van der Waals surface area contributed by atoms with E-state index in [1.54, 1.807) is 6.92 Å². The Hall–Kier alpha value is -4.42. The van der Waals surface area contributed by atoms with Crippen molar-refractivity contribution < 1.29 is 43.3 Å². The van der Waals surface area contributed by atoms with Crippen LogP contribution in [0.25, 0.3) is 0 Å². The molecule has 42 heavy (non-hydrogen) atoms. The number of rotatable bonds is 13. The summed E-state index contributed by atoms with van der Waals surface area (Å²) in [7, 11) is 0. The normalized spacial score (nSPS) is 21.2. The summed E-state index contributed by atoms with van der Waals surface area (Å²) in [6.45, 7) is 2.18. The average molecular weight is 584 g/mol. The molecule has 2 aliphatic heterocycles.